The molecule has 1 unspecified atom stereocenters. The van der Waals surface area contributed by atoms with E-state index in [2.05, 4.69) is 36.3 Å². The van der Waals surface area contributed by atoms with E-state index in [1.165, 1.54) is 5.56 Å². The molecule has 0 spiro atoms. The van der Waals surface area contributed by atoms with Crippen LogP contribution >= 0.6 is 24.0 Å². The minimum atomic E-state index is 0. The summed E-state index contributed by atoms with van der Waals surface area (Å²) in [5.74, 6) is 1.48. The van der Waals surface area contributed by atoms with Crippen molar-refractivity contribution >= 4 is 41.5 Å². The van der Waals surface area contributed by atoms with Crippen molar-refractivity contribution in [3.63, 3.8) is 0 Å². The predicted molar refractivity (Wildman–Crippen MR) is 109 cm³/mol. The highest BCUT2D eigenvalue weighted by Crippen LogP contribution is 2.32. The lowest BCUT2D eigenvalue weighted by atomic mass is 10.0. The van der Waals surface area contributed by atoms with E-state index in [1.807, 2.05) is 17.0 Å². The summed E-state index contributed by atoms with van der Waals surface area (Å²) >= 11 is 0. The maximum atomic E-state index is 11.9. The highest BCUT2D eigenvalue weighted by molar-refractivity contribution is 14.0. The SMILES string of the molecule is CC(C)c1cccc(NC(N)=NCC2CC(=O)N(C3CC3)C2)c1.I. The first-order chi connectivity index (χ1) is 11.0. The molecule has 132 valence electrons. The summed E-state index contributed by atoms with van der Waals surface area (Å²) < 4.78 is 0. The normalized spacial score (nSPS) is 21.1. The number of guanidine groups is 1. The van der Waals surface area contributed by atoms with Gasteiger partial charge in [0.05, 0.1) is 0 Å². The molecule has 0 aromatic heterocycles. The van der Waals surface area contributed by atoms with Crippen LogP contribution in [-0.2, 0) is 4.79 Å². The molecule has 1 heterocycles. The highest BCUT2D eigenvalue weighted by Gasteiger charge is 2.39. The molecular formula is C18H27IN4O. The summed E-state index contributed by atoms with van der Waals surface area (Å²) in [4.78, 5) is 18.4. The lowest BCUT2D eigenvalue weighted by Gasteiger charge is -2.14. The van der Waals surface area contributed by atoms with E-state index >= 15 is 0 Å². The van der Waals surface area contributed by atoms with Crippen LogP contribution in [-0.4, -0.2) is 35.9 Å². The van der Waals surface area contributed by atoms with Crippen LogP contribution in [0.5, 0.6) is 0 Å². The minimum absolute atomic E-state index is 0. The molecule has 1 aliphatic heterocycles. The van der Waals surface area contributed by atoms with Gasteiger partial charge in [0.2, 0.25) is 5.91 Å². The Labute approximate surface area is 161 Å². The summed E-state index contributed by atoms with van der Waals surface area (Å²) in [6.07, 6.45) is 2.94. The van der Waals surface area contributed by atoms with Gasteiger partial charge in [0.1, 0.15) is 0 Å². The molecule has 5 nitrogen and oxygen atoms in total. The van der Waals surface area contributed by atoms with Crippen molar-refractivity contribution < 1.29 is 4.79 Å². The Morgan fingerprint density at radius 1 is 1.42 bits per heavy atom. The van der Waals surface area contributed by atoms with Gasteiger partial charge in [0.15, 0.2) is 5.96 Å². The number of anilines is 1. The Morgan fingerprint density at radius 3 is 2.83 bits per heavy atom. The van der Waals surface area contributed by atoms with Crippen LogP contribution in [0.15, 0.2) is 29.3 Å². The van der Waals surface area contributed by atoms with Crippen molar-refractivity contribution in [2.75, 3.05) is 18.4 Å². The van der Waals surface area contributed by atoms with Gasteiger partial charge in [-0.1, -0.05) is 26.0 Å². The Kier molecular flexibility index (Phi) is 6.48. The fraction of sp³-hybridized carbons (Fsp3) is 0.556. The van der Waals surface area contributed by atoms with Crippen molar-refractivity contribution in [3.05, 3.63) is 29.8 Å². The molecule has 2 aliphatic rings. The van der Waals surface area contributed by atoms with Crippen molar-refractivity contribution in [2.24, 2.45) is 16.6 Å². The molecule has 1 saturated heterocycles. The minimum Gasteiger partial charge on any atom is -0.370 e. The molecule has 1 amide bonds. The Hall–Kier alpha value is -1.31. The summed E-state index contributed by atoms with van der Waals surface area (Å²) in [6, 6.07) is 8.72. The first-order valence-corrected chi connectivity index (χ1v) is 8.49. The molecule has 2 fully saturated rings. The van der Waals surface area contributed by atoms with E-state index in [0.29, 0.717) is 36.8 Å². The highest BCUT2D eigenvalue weighted by atomic mass is 127. The number of carbonyl (C=O) groups is 1. The second kappa shape index (κ2) is 8.18. The smallest absolute Gasteiger partial charge is 0.223 e. The first kappa shape index (κ1) is 19.0. The average molecular weight is 442 g/mol. The van der Waals surface area contributed by atoms with Gasteiger partial charge in [-0.25, -0.2) is 0 Å². The standard InChI is InChI=1S/C18H26N4O.HI/c1-12(2)14-4-3-5-15(9-14)21-18(19)20-10-13-8-17(23)22(11-13)16-6-7-16;/h3-5,9,12-13,16H,6-8,10-11H2,1-2H3,(H3,19,20,21);1H. The van der Waals surface area contributed by atoms with E-state index in [-0.39, 0.29) is 29.9 Å². The molecule has 1 saturated carbocycles. The largest absolute Gasteiger partial charge is 0.370 e. The maximum absolute atomic E-state index is 11.9. The number of likely N-dealkylation sites (tertiary alicyclic amines) is 1. The number of hydrogen-bond acceptors (Lipinski definition) is 2. The molecule has 1 atom stereocenters. The van der Waals surface area contributed by atoms with Gasteiger partial charge in [-0.2, -0.15) is 0 Å². The Morgan fingerprint density at radius 2 is 2.17 bits per heavy atom. The van der Waals surface area contributed by atoms with Gasteiger partial charge in [-0.05, 0) is 36.5 Å². The Bertz CT molecular complexity index is 613. The fourth-order valence-electron chi connectivity index (χ4n) is 3.06. The molecular weight excluding hydrogens is 415 g/mol. The van der Waals surface area contributed by atoms with E-state index in [9.17, 15) is 4.79 Å². The number of nitrogens with one attached hydrogen (secondary N) is 1. The lowest BCUT2D eigenvalue weighted by molar-refractivity contribution is -0.128. The number of nitrogens with zero attached hydrogens (tertiary/aromatic N) is 2. The summed E-state index contributed by atoms with van der Waals surface area (Å²) in [6.45, 7) is 5.78. The molecule has 3 rings (SSSR count). The van der Waals surface area contributed by atoms with Crippen molar-refractivity contribution in [1.29, 1.82) is 0 Å². The number of amides is 1. The number of benzene rings is 1. The van der Waals surface area contributed by atoms with E-state index in [1.54, 1.807) is 0 Å². The van der Waals surface area contributed by atoms with Crippen LogP contribution in [0.4, 0.5) is 5.69 Å². The van der Waals surface area contributed by atoms with E-state index in [0.717, 1.165) is 25.1 Å². The number of aliphatic imine (C=N–C) groups is 1. The topological polar surface area (TPSA) is 70.7 Å². The van der Waals surface area contributed by atoms with Crippen LogP contribution in [0.1, 0.15) is 44.6 Å². The van der Waals surface area contributed by atoms with Crippen molar-refractivity contribution in [2.45, 2.75) is 45.1 Å². The van der Waals surface area contributed by atoms with Crippen LogP contribution in [0, 0.1) is 5.92 Å². The predicted octanol–water partition coefficient (Wildman–Crippen LogP) is 3.17. The maximum Gasteiger partial charge on any atom is 0.223 e. The summed E-state index contributed by atoms with van der Waals surface area (Å²) in [5.41, 5.74) is 8.22. The van der Waals surface area contributed by atoms with E-state index in [4.69, 9.17) is 5.73 Å². The van der Waals surface area contributed by atoms with Gasteiger partial charge < -0.3 is 16.0 Å². The molecule has 0 radical (unpaired) electrons. The number of carbonyl (C=O) groups excluding carboxylic acids is 1. The number of nitrogens with two attached hydrogens (primary N) is 1. The van der Waals surface area contributed by atoms with Crippen molar-refractivity contribution in [3.8, 4) is 0 Å². The van der Waals surface area contributed by atoms with Gasteiger partial charge in [0, 0.05) is 37.2 Å². The number of halogens is 1. The Balaban J connectivity index is 0.00000208. The zero-order valence-electron chi connectivity index (χ0n) is 14.4. The second-order valence-electron chi connectivity index (χ2n) is 6.98. The molecule has 1 aromatic carbocycles. The third-order valence-electron chi connectivity index (χ3n) is 4.57. The van der Waals surface area contributed by atoms with Crippen LogP contribution in [0.3, 0.4) is 0 Å². The quantitative estimate of drug-likeness (QED) is 0.418. The van der Waals surface area contributed by atoms with Crippen molar-refractivity contribution in [1.82, 2.24) is 4.90 Å². The first-order valence-electron chi connectivity index (χ1n) is 8.49. The molecule has 1 aromatic rings. The lowest BCUT2D eigenvalue weighted by Crippen LogP contribution is -2.28. The zero-order valence-corrected chi connectivity index (χ0v) is 16.7. The zero-order chi connectivity index (χ0) is 16.4. The van der Waals surface area contributed by atoms with Gasteiger partial charge in [0.25, 0.3) is 0 Å². The second-order valence-corrected chi connectivity index (χ2v) is 6.98. The summed E-state index contributed by atoms with van der Waals surface area (Å²) in [5, 5.41) is 3.15. The van der Waals surface area contributed by atoms with Gasteiger partial charge in [-0.3, -0.25) is 9.79 Å². The molecule has 24 heavy (non-hydrogen) atoms. The number of rotatable bonds is 5. The number of hydrogen-bond donors (Lipinski definition) is 2. The van der Waals surface area contributed by atoms with Crippen LogP contribution < -0.4 is 11.1 Å². The average Bonchev–Trinajstić information content (AvgIpc) is 3.29. The van der Waals surface area contributed by atoms with E-state index < -0.39 is 0 Å². The molecule has 3 N–H and O–H groups in total. The fourth-order valence-corrected chi connectivity index (χ4v) is 3.06. The third kappa shape index (κ3) is 4.84. The molecule has 1 aliphatic carbocycles. The van der Waals surface area contributed by atoms with Crippen LogP contribution in [0.2, 0.25) is 0 Å². The molecule has 6 heteroatoms. The monoisotopic (exact) mass is 442 g/mol. The summed E-state index contributed by atoms with van der Waals surface area (Å²) in [7, 11) is 0. The molecule has 0 bridgehead atoms. The van der Waals surface area contributed by atoms with Gasteiger partial charge in [-0.15, -0.1) is 24.0 Å². The van der Waals surface area contributed by atoms with Gasteiger partial charge >= 0.3 is 0 Å². The van der Waals surface area contributed by atoms with Crippen LogP contribution in [0.25, 0.3) is 0 Å². The third-order valence-corrected chi connectivity index (χ3v) is 4.57.